The SMILES string of the molecule is CCCCCCCCCCCCCCOc1ccc(C(=O)Oc2ccc(C(=O)Oc3cccc(-c4ccc(OC(=O)c5ccc(OCCCCCCCCCCC(=O)OC(=O)c6ccccc6)cc5)cc4)c3)cc2)cc1F. The Morgan fingerprint density at radius 3 is 1.38 bits per heavy atom. The minimum Gasteiger partial charge on any atom is -0.494 e. The van der Waals surface area contributed by atoms with Crippen LogP contribution in [0.15, 0.2) is 146 Å². The van der Waals surface area contributed by atoms with Crippen LogP contribution in [0.1, 0.15) is 183 Å². The largest absolute Gasteiger partial charge is 0.494 e. The molecule has 0 aliphatic heterocycles. The summed E-state index contributed by atoms with van der Waals surface area (Å²) in [4.78, 5) is 62.9. The van der Waals surface area contributed by atoms with E-state index in [0.717, 1.165) is 81.4 Å². The molecule has 0 heterocycles. The summed E-state index contributed by atoms with van der Waals surface area (Å²) in [6.07, 6.45) is 22.8. The Labute approximate surface area is 453 Å². The summed E-state index contributed by atoms with van der Waals surface area (Å²) in [7, 11) is 0. The Morgan fingerprint density at radius 1 is 0.364 bits per heavy atom. The van der Waals surface area contributed by atoms with Crippen molar-refractivity contribution in [3.63, 3.8) is 0 Å². The average molecular weight is 1050 g/mol. The number of ether oxygens (including phenoxy) is 6. The van der Waals surface area contributed by atoms with Gasteiger partial charge in [-0.05, 0) is 134 Å². The first-order valence-corrected chi connectivity index (χ1v) is 27.6. The van der Waals surface area contributed by atoms with E-state index in [-0.39, 0.29) is 29.0 Å². The van der Waals surface area contributed by atoms with E-state index in [9.17, 15) is 28.4 Å². The molecule has 0 aromatic heterocycles. The summed E-state index contributed by atoms with van der Waals surface area (Å²) in [5.74, 6) is -1.99. The molecular weight excluding hydrogens is 976 g/mol. The van der Waals surface area contributed by atoms with E-state index < -0.39 is 35.7 Å². The lowest BCUT2D eigenvalue weighted by molar-refractivity contribution is -0.138. The smallest absolute Gasteiger partial charge is 0.345 e. The zero-order valence-electron chi connectivity index (χ0n) is 44.5. The minimum atomic E-state index is -0.747. The molecule has 406 valence electrons. The summed E-state index contributed by atoms with van der Waals surface area (Å²) in [6, 6.07) is 39.2. The molecule has 0 unspecified atom stereocenters. The van der Waals surface area contributed by atoms with Crippen LogP contribution in [-0.4, -0.2) is 43.1 Å². The van der Waals surface area contributed by atoms with E-state index in [1.807, 2.05) is 6.07 Å². The maximum absolute atomic E-state index is 14.9. The number of hydrogen-bond donors (Lipinski definition) is 0. The van der Waals surface area contributed by atoms with Crippen LogP contribution >= 0.6 is 0 Å². The summed E-state index contributed by atoms with van der Waals surface area (Å²) in [5, 5.41) is 0. The van der Waals surface area contributed by atoms with E-state index >= 15 is 0 Å². The molecule has 0 fully saturated rings. The van der Waals surface area contributed by atoms with Gasteiger partial charge in [-0.1, -0.05) is 159 Å². The molecule has 0 amide bonds. The van der Waals surface area contributed by atoms with Crippen LogP contribution in [0.2, 0.25) is 0 Å². The number of esters is 5. The molecule has 77 heavy (non-hydrogen) atoms. The fraction of sp³-hybridized carbons (Fsp3) is 0.369. The number of unbranched alkanes of at least 4 members (excludes halogenated alkanes) is 18. The molecule has 6 rings (SSSR count). The van der Waals surface area contributed by atoms with Gasteiger partial charge in [0, 0.05) is 6.42 Å². The van der Waals surface area contributed by atoms with Crippen molar-refractivity contribution in [1.29, 1.82) is 0 Å². The van der Waals surface area contributed by atoms with Crippen molar-refractivity contribution in [2.75, 3.05) is 13.2 Å². The number of benzene rings is 6. The van der Waals surface area contributed by atoms with Crippen LogP contribution in [-0.2, 0) is 9.53 Å². The monoisotopic (exact) mass is 1050 g/mol. The average Bonchev–Trinajstić information content (AvgIpc) is 3.45. The van der Waals surface area contributed by atoms with Crippen LogP contribution in [0.4, 0.5) is 4.39 Å². The summed E-state index contributed by atoms with van der Waals surface area (Å²) < 4.78 is 48.1. The highest BCUT2D eigenvalue weighted by atomic mass is 19.1. The van der Waals surface area contributed by atoms with Crippen molar-refractivity contribution >= 4 is 29.8 Å². The first-order chi connectivity index (χ1) is 37.6. The van der Waals surface area contributed by atoms with Gasteiger partial charge >= 0.3 is 29.8 Å². The predicted octanol–water partition coefficient (Wildman–Crippen LogP) is 16.5. The molecule has 0 bridgehead atoms. The van der Waals surface area contributed by atoms with Gasteiger partial charge < -0.3 is 28.4 Å². The van der Waals surface area contributed by atoms with Crippen LogP contribution in [0.5, 0.6) is 28.7 Å². The summed E-state index contributed by atoms with van der Waals surface area (Å²) in [6.45, 7) is 3.21. The standard InChI is InChI=1S/C65H73FO11/c1-2-3-4-5-6-7-8-9-11-15-18-24-46-73-60-44-37-54(48-59(60)66)65(71)75-57-42-35-52(36-43-57)63(69)76-58-29-25-28-53(47-58)49-31-40-56(41-32-49)74-62(68)51-33-38-55(39-34-51)72-45-23-17-14-12-10-13-16-22-30-61(67)77-64(70)50-26-20-19-21-27-50/h19-21,25-29,31-44,47-48H,2-18,22-24,30,45-46H2,1H3. The first-order valence-electron chi connectivity index (χ1n) is 27.6. The topological polar surface area (TPSA) is 141 Å². The fourth-order valence-corrected chi connectivity index (χ4v) is 8.58. The maximum atomic E-state index is 14.9. The maximum Gasteiger partial charge on any atom is 0.345 e. The lowest BCUT2D eigenvalue weighted by Gasteiger charge is -2.10. The van der Waals surface area contributed by atoms with Gasteiger partial charge in [0.1, 0.15) is 23.0 Å². The van der Waals surface area contributed by atoms with Crippen LogP contribution in [0.25, 0.3) is 11.1 Å². The van der Waals surface area contributed by atoms with Crippen LogP contribution < -0.4 is 23.7 Å². The lowest BCUT2D eigenvalue weighted by atomic mass is 10.1. The zero-order chi connectivity index (χ0) is 54.3. The van der Waals surface area contributed by atoms with Gasteiger partial charge in [-0.3, -0.25) is 4.79 Å². The summed E-state index contributed by atoms with van der Waals surface area (Å²) >= 11 is 0. The van der Waals surface area contributed by atoms with Gasteiger partial charge in [0.15, 0.2) is 11.6 Å². The Morgan fingerprint density at radius 2 is 0.818 bits per heavy atom. The third-order valence-electron chi connectivity index (χ3n) is 13.0. The molecule has 11 nitrogen and oxygen atoms in total. The predicted molar refractivity (Wildman–Crippen MR) is 297 cm³/mol. The third-order valence-corrected chi connectivity index (χ3v) is 13.0. The van der Waals surface area contributed by atoms with E-state index in [1.54, 1.807) is 97.1 Å². The molecule has 6 aromatic rings. The Hall–Kier alpha value is -7.60. The van der Waals surface area contributed by atoms with Crippen molar-refractivity contribution in [2.45, 2.75) is 142 Å². The van der Waals surface area contributed by atoms with Crippen molar-refractivity contribution in [3.8, 4) is 39.9 Å². The minimum absolute atomic E-state index is 0.0315. The second kappa shape index (κ2) is 33.4. The number of rotatable bonds is 34. The molecule has 0 aliphatic rings. The first kappa shape index (κ1) is 58.7. The van der Waals surface area contributed by atoms with Crippen molar-refractivity contribution in [3.05, 3.63) is 174 Å². The highest BCUT2D eigenvalue weighted by molar-refractivity contribution is 5.97. The van der Waals surface area contributed by atoms with Crippen LogP contribution in [0, 0.1) is 5.82 Å². The Balaban J connectivity index is 0.824. The van der Waals surface area contributed by atoms with Gasteiger partial charge in [-0.15, -0.1) is 0 Å². The fourth-order valence-electron chi connectivity index (χ4n) is 8.58. The third kappa shape index (κ3) is 21.5. The van der Waals surface area contributed by atoms with Crippen LogP contribution in [0.3, 0.4) is 0 Å². The Bertz CT molecular complexity index is 2740. The van der Waals surface area contributed by atoms with Gasteiger partial charge in [0.25, 0.3) is 0 Å². The van der Waals surface area contributed by atoms with Gasteiger partial charge in [-0.2, -0.15) is 0 Å². The molecule has 0 spiro atoms. The molecule has 12 heteroatoms. The number of hydrogen-bond acceptors (Lipinski definition) is 11. The molecule has 0 saturated carbocycles. The molecular formula is C65H73FO11. The van der Waals surface area contributed by atoms with Crippen molar-refractivity contribution in [2.24, 2.45) is 0 Å². The number of carbonyl (C=O) groups is 5. The summed E-state index contributed by atoms with van der Waals surface area (Å²) in [5.41, 5.74) is 2.58. The van der Waals surface area contributed by atoms with Gasteiger partial charge in [-0.25, -0.2) is 23.6 Å². The second-order valence-corrected chi connectivity index (χ2v) is 19.2. The molecule has 0 atom stereocenters. The second-order valence-electron chi connectivity index (χ2n) is 19.2. The zero-order valence-corrected chi connectivity index (χ0v) is 44.5. The van der Waals surface area contributed by atoms with Gasteiger partial charge in [0.05, 0.1) is 35.5 Å². The van der Waals surface area contributed by atoms with Gasteiger partial charge in [0.2, 0.25) is 0 Å². The normalized spacial score (nSPS) is 10.9. The molecule has 0 saturated heterocycles. The Kier molecular flexibility index (Phi) is 25.5. The van der Waals surface area contributed by atoms with E-state index in [0.29, 0.717) is 48.0 Å². The number of halogens is 1. The highest BCUT2D eigenvalue weighted by Crippen LogP contribution is 2.28. The van der Waals surface area contributed by atoms with E-state index in [1.165, 1.54) is 94.2 Å². The van der Waals surface area contributed by atoms with E-state index in [4.69, 9.17) is 28.4 Å². The molecule has 6 aromatic carbocycles. The van der Waals surface area contributed by atoms with E-state index in [2.05, 4.69) is 6.92 Å². The lowest BCUT2D eigenvalue weighted by Crippen LogP contribution is -2.12. The highest BCUT2D eigenvalue weighted by Gasteiger charge is 2.16. The molecule has 0 aliphatic carbocycles. The molecule has 0 radical (unpaired) electrons. The van der Waals surface area contributed by atoms with Crippen molar-refractivity contribution in [1.82, 2.24) is 0 Å². The number of carbonyl (C=O) groups excluding carboxylic acids is 5. The van der Waals surface area contributed by atoms with Crippen molar-refractivity contribution < 1.29 is 56.8 Å². The molecule has 0 N–H and O–H groups in total. The quantitative estimate of drug-likeness (QED) is 0.0165.